The quantitative estimate of drug-likeness (QED) is 0.245. The van der Waals surface area contributed by atoms with Crippen molar-refractivity contribution in [1.82, 2.24) is 0 Å². The van der Waals surface area contributed by atoms with Crippen molar-refractivity contribution in [1.29, 1.82) is 0 Å². The summed E-state index contributed by atoms with van der Waals surface area (Å²) in [5.74, 6) is 1.81. The van der Waals surface area contributed by atoms with E-state index in [0.29, 0.717) is 11.1 Å². The van der Waals surface area contributed by atoms with Gasteiger partial charge in [-0.15, -0.1) is 11.8 Å². The minimum atomic E-state index is -0.251. The van der Waals surface area contributed by atoms with Crippen molar-refractivity contribution in [2.24, 2.45) is 0 Å². The Hall–Kier alpha value is -2.46. The zero-order valence-corrected chi connectivity index (χ0v) is 18.8. The highest BCUT2D eigenvalue weighted by Crippen LogP contribution is 2.32. The highest BCUT2D eigenvalue weighted by molar-refractivity contribution is 7.99. The van der Waals surface area contributed by atoms with Crippen molar-refractivity contribution in [3.05, 3.63) is 64.9 Å². The molecular formula is C25H28O3S. The Morgan fingerprint density at radius 2 is 1.83 bits per heavy atom. The van der Waals surface area contributed by atoms with E-state index in [-0.39, 0.29) is 11.4 Å². The van der Waals surface area contributed by atoms with Crippen LogP contribution in [0.5, 0.6) is 5.75 Å². The molecule has 152 valence electrons. The Labute approximate surface area is 177 Å². The number of carbonyl (C=O) groups excluding carboxylic acids is 1. The number of hydrogen-bond acceptors (Lipinski definition) is 4. The predicted molar refractivity (Wildman–Crippen MR) is 122 cm³/mol. The number of thioether (sulfide) groups is 1. The molecule has 29 heavy (non-hydrogen) atoms. The fourth-order valence-corrected chi connectivity index (χ4v) is 4.11. The summed E-state index contributed by atoms with van der Waals surface area (Å²) in [4.78, 5) is 14.0. The number of aryl methyl sites for hydroxylation is 2. The first-order valence-corrected chi connectivity index (χ1v) is 10.8. The van der Waals surface area contributed by atoms with Gasteiger partial charge in [0.15, 0.2) is 5.78 Å². The summed E-state index contributed by atoms with van der Waals surface area (Å²) in [7, 11) is 0. The Morgan fingerprint density at radius 1 is 1.14 bits per heavy atom. The smallest absolute Gasteiger partial charge is 0.189 e. The minimum Gasteiger partial charge on any atom is -0.488 e. The second-order valence-electron chi connectivity index (χ2n) is 8.10. The third-order valence-electron chi connectivity index (χ3n) is 4.46. The molecule has 0 aliphatic heterocycles. The van der Waals surface area contributed by atoms with Crippen molar-refractivity contribution in [2.45, 2.75) is 52.0 Å². The molecule has 1 aromatic heterocycles. The molecule has 1 heterocycles. The van der Waals surface area contributed by atoms with Crippen LogP contribution in [0.1, 0.15) is 54.7 Å². The molecule has 0 atom stereocenters. The summed E-state index contributed by atoms with van der Waals surface area (Å²) in [6.45, 7) is 12.3. The van der Waals surface area contributed by atoms with Gasteiger partial charge in [-0.1, -0.05) is 13.0 Å². The van der Waals surface area contributed by atoms with Crippen LogP contribution in [0.2, 0.25) is 0 Å². The summed E-state index contributed by atoms with van der Waals surface area (Å²) >= 11 is 1.75. The van der Waals surface area contributed by atoms with Crippen LogP contribution in [0, 0.1) is 13.8 Å². The second-order valence-corrected chi connectivity index (χ2v) is 9.41. The van der Waals surface area contributed by atoms with Gasteiger partial charge in [-0.3, -0.25) is 4.79 Å². The molecule has 0 spiro atoms. The molecule has 0 saturated heterocycles. The highest BCUT2D eigenvalue weighted by atomic mass is 32.2. The lowest BCUT2D eigenvalue weighted by atomic mass is 10.0. The number of carbonyl (C=O) groups is 1. The van der Waals surface area contributed by atoms with Crippen LogP contribution in [-0.4, -0.2) is 17.1 Å². The number of allylic oxidation sites excluding steroid dienone is 1. The van der Waals surface area contributed by atoms with Gasteiger partial charge >= 0.3 is 0 Å². The molecule has 0 fully saturated rings. The molecule has 3 aromatic rings. The summed E-state index contributed by atoms with van der Waals surface area (Å²) in [6.07, 6.45) is 5.11. The van der Waals surface area contributed by atoms with Crippen molar-refractivity contribution in [2.75, 3.05) is 5.75 Å². The third-order valence-corrected chi connectivity index (χ3v) is 5.42. The van der Waals surface area contributed by atoms with Crippen molar-refractivity contribution in [3.8, 4) is 5.75 Å². The molecule has 3 nitrogen and oxygen atoms in total. The summed E-state index contributed by atoms with van der Waals surface area (Å²) in [5.41, 5.74) is 4.08. The molecule has 2 aromatic carbocycles. The Balaban J connectivity index is 1.87. The average Bonchev–Trinajstić information content (AvgIpc) is 3.12. The maximum atomic E-state index is 12.8. The fraction of sp³-hybridized carbons (Fsp3) is 0.320. The number of furan rings is 1. The van der Waals surface area contributed by atoms with Gasteiger partial charge in [-0.05, 0) is 93.5 Å². The predicted octanol–water partition coefficient (Wildman–Crippen LogP) is 7.24. The Bertz CT molecular complexity index is 1040. The van der Waals surface area contributed by atoms with Crippen LogP contribution in [0.15, 0.2) is 52.0 Å². The standard InChI is InChI=1S/C25H28O3S/c1-7-29-22-11-9-19(24-20(22)12-13-27-24)21(26)10-8-18-14-16(2)23(17(3)15-18)28-25(4,5)6/h8-15H,7H2,1-6H3/b10-8+. The lowest BCUT2D eigenvalue weighted by Gasteiger charge is -2.24. The van der Waals surface area contributed by atoms with E-state index in [1.165, 1.54) is 0 Å². The SMILES string of the molecule is CCSc1ccc(C(=O)/C=C/c2cc(C)c(OC(C)(C)C)c(C)c2)c2occc12. The Kier molecular flexibility index (Phi) is 6.23. The first-order valence-electron chi connectivity index (χ1n) is 9.85. The number of ether oxygens (including phenoxy) is 1. The topological polar surface area (TPSA) is 39.4 Å². The lowest BCUT2D eigenvalue weighted by Crippen LogP contribution is -2.24. The lowest BCUT2D eigenvalue weighted by molar-refractivity contribution is 0.104. The number of rotatable bonds is 6. The van der Waals surface area contributed by atoms with Crippen molar-refractivity contribution < 1.29 is 13.9 Å². The van der Waals surface area contributed by atoms with Crippen LogP contribution in [-0.2, 0) is 0 Å². The van der Waals surface area contributed by atoms with E-state index in [2.05, 4.69) is 6.92 Å². The van der Waals surface area contributed by atoms with Gasteiger partial charge in [0.05, 0.1) is 11.8 Å². The Morgan fingerprint density at radius 3 is 2.45 bits per heavy atom. The average molecular weight is 409 g/mol. The first kappa shape index (κ1) is 21.3. The summed E-state index contributed by atoms with van der Waals surface area (Å²) < 4.78 is 11.7. The van der Waals surface area contributed by atoms with E-state index in [9.17, 15) is 4.79 Å². The van der Waals surface area contributed by atoms with Crippen LogP contribution in [0.4, 0.5) is 0 Å². The van der Waals surface area contributed by atoms with E-state index < -0.39 is 0 Å². The minimum absolute atomic E-state index is 0.0664. The number of ketones is 1. The van der Waals surface area contributed by atoms with Crippen molar-refractivity contribution in [3.63, 3.8) is 0 Å². The molecule has 0 radical (unpaired) electrons. The molecule has 0 aliphatic rings. The van der Waals surface area contributed by atoms with Crippen LogP contribution in [0.25, 0.3) is 17.0 Å². The molecule has 4 heteroatoms. The van der Waals surface area contributed by atoms with Gasteiger partial charge in [0.2, 0.25) is 0 Å². The maximum absolute atomic E-state index is 12.8. The van der Waals surface area contributed by atoms with E-state index >= 15 is 0 Å². The zero-order chi connectivity index (χ0) is 21.2. The molecule has 0 amide bonds. The monoisotopic (exact) mass is 408 g/mol. The number of fused-ring (bicyclic) bond motifs is 1. The van der Waals surface area contributed by atoms with Crippen LogP contribution >= 0.6 is 11.8 Å². The zero-order valence-electron chi connectivity index (χ0n) is 18.0. The van der Waals surface area contributed by atoms with Crippen molar-refractivity contribution >= 4 is 34.6 Å². The van der Waals surface area contributed by atoms with Crippen LogP contribution < -0.4 is 4.74 Å². The highest BCUT2D eigenvalue weighted by Gasteiger charge is 2.16. The van der Waals surface area contributed by atoms with Gasteiger partial charge in [-0.2, -0.15) is 0 Å². The van der Waals surface area contributed by atoms with E-state index in [0.717, 1.165) is 38.5 Å². The fourth-order valence-electron chi connectivity index (χ4n) is 3.32. The van der Waals surface area contributed by atoms with E-state index in [4.69, 9.17) is 9.15 Å². The molecular weight excluding hydrogens is 380 g/mol. The number of benzene rings is 2. The molecule has 3 rings (SSSR count). The van der Waals surface area contributed by atoms with Gasteiger partial charge in [0, 0.05) is 10.3 Å². The molecule has 0 bridgehead atoms. The maximum Gasteiger partial charge on any atom is 0.189 e. The summed E-state index contributed by atoms with van der Waals surface area (Å²) in [5, 5.41) is 0.992. The second kappa shape index (κ2) is 8.50. The third kappa shape index (κ3) is 4.94. The normalized spacial score (nSPS) is 12.1. The molecule has 0 unspecified atom stereocenters. The van der Waals surface area contributed by atoms with Gasteiger partial charge < -0.3 is 9.15 Å². The molecule has 0 saturated carbocycles. The molecule has 0 N–H and O–H groups in total. The summed E-state index contributed by atoms with van der Waals surface area (Å²) in [6, 6.07) is 9.87. The largest absolute Gasteiger partial charge is 0.488 e. The van der Waals surface area contributed by atoms with E-state index in [1.54, 1.807) is 24.1 Å². The van der Waals surface area contributed by atoms with Gasteiger partial charge in [0.1, 0.15) is 16.9 Å². The van der Waals surface area contributed by atoms with Crippen LogP contribution in [0.3, 0.4) is 0 Å². The number of hydrogen-bond donors (Lipinski definition) is 0. The molecule has 0 aliphatic carbocycles. The van der Waals surface area contributed by atoms with Gasteiger partial charge in [0.25, 0.3) is 0 Å². The first-order chi connectivity index (χ1) is 13.7. The van der Waals surface area contributed by atoms with Gasteiger partial charge in [-0.25, -0.2) is 0 Å². The van der Waals surface area contributed by atoms with E-state index in [1.807, 2.05) is 71.0 Å².